The van der Waals surface area contributed by atoms with Gasteiger partial charge >= 0.3 is 0 Å². The number of benzene rings is 1. The van der Waals surface area contributed by atoms with E-state index in [2.05, 4.69) is 19.9 Å². The lowest BCUT2D eigenvalue weighted by molar-refractivity contribution is -0.116. The van der Waals surface area contributed by atoms with E-state index in [0.717, 1.165) is 18.4 Å². The van der Waals surface area contributed by atoms with Crippen molar-refractivity contribution in [3.8, 4) is 0 Å². The molecule has 0 radical (unpaired) electrons. The molecule has 1 atom stereocenters. The predicted molar refractivity (Wildman–Crippen MR) is 87.9 cm³/mol. The Labute approximate surface area is 140 Å². The maximum Gasteiger partial charge on any atom is 0.241 e. The van der Waals surface area contributed by atoms with Crippen LogP contribution in [0.4, 0.5) is 5.69 Å². The van der Waals surface area contributed by atoms with Gasteiger partial charge in [0.25, 0.3) is 0 Å². The molecule has 2 N–H and O–H groups in total. The number of aromatic amines is 1. The van der Waals surface area contributed by atoms with Crippen LogP contribution in [0.15, 0.2) is 29.4 Å². The van der Waals surface area contributed by atoms with Crippen LogP contribution in [0, 0.1) is 0 Å². The number of H-pyrrole nitrogens is 1. The van der Waals surface area contributed by atoms with Crippen molar-refractivity contribution in [3.05, 3.63) is 35.9 Å². The molecule has 3 rings (SSSR count). The number of aromatic nitrogens is 3. The van der Waals surface area contributed by atoms with Gasteiger partial charge in [0.15, 0.2) is 0 Å². The number of sulfonamides is 1. The van der Waals surface area contributed by atoms with Crippen molar-refractivity contribution in [3.63, 3.8) is 0 Å². The quantitative estimate of drug-likeness (QED) is 0.860. The number of carbonyl (C=O) groups is 1. The van der Waals surface area contributed by atoms with Crippen molar-refractivity contribution in [2.24, 2.45) is 0 Å². The number of anilines is 1. The molecule has 1 aromatic carbocycles. The van der Waals surface area contributed by atoms with Crippen LogP contribution in [0.25, 0.3) is 0 Å². The van der Waals surface area contributed by atoms with Gasteiger partial charge in [-0.1, -0.05) is 6.07 Å². The first-order chi connectivity index (χ1) is 11.4. The molecule has 9 heteroatoms. The van der Waals surface area contributed by atoms with Crippen LogP contribution >= 0.6 is 0 Å². The zero-order chi connectivity index (χ0) is 17.3. The average molecular weight is 349 g/mol. The molecule has 1 amide bonds. The molecule has 1 aliphatic heterocycles. The minimum absolute atomic E-state index is 0.0894. The van der Waals surface area contributed by atoms with Gasteiger partial charge in [-0.3, -0.25) is 9.89 Å². The third-order valence-corrected chi connectivity index (χ3v) is 5.58. The molecule has 0 bridgehead atoms. The van der Waals surface area contributed by atoms with Crippen molar-refractivity contribution < 1.29 is 13.2 Å². The fourth-order valence-electron chi connectivity index (χ4n) is 2.83. The Kier molecular flexibility index (Phi) is 4.37. The summed E-state index contributed by atoms with van der Waals surface area (Å²) in [7, 11) is -3.74. The van der Waals surface area contributed by atoms with E-state index < -0.39 is 16.1 Å². The maximum atomic E-state index is 12.6. The topological polar surface area (TPSA) is 108 Å². The number of aryl methyl sites for hydroxylation is 1. The Balaban J connectivity index is 1.91. The van der Waals surface area contributed by atoms with Gasteiger partial charge in [-0.05, 0) is 37.5 Å². The SMILES string of the molecule is CC(=O)N1CCCc2ccc(S(=O)(=O)N[C@@H](C)c3ncn[nH]3)cc21. The fraction of sp³-hybridized carbons (Fsp3) is 0.400. The smallest absolute Gasteiger partial charge is 0.241 e. The van der Waals surface area contributed by atoms with Gasteiger partial charge in [-0.25, -0.2) is 18.1 Å². The predicted octanol–water partition coefficient (Wildman–Crippen LogP) is 1.14. The van der Waals surface area contributed by atoms with Crippen LogP contribution in [0.1, 0.15) is 37.7 Å². The summed E-state index contributed by atoms with van der Waals surface area (Å²) >= 11 is 0. The number of fused-ring (bicyclic) bond motifs is 1. The van der Waals surface area contributed by atoms with Gasteiger partial charge in [-0.2, -0.15) is 5.10 Å². The van der Waals surface area contributed by atoms with E-state index >= 15 is 0 Å². The van der Waals surface area contributed by atoms with E-state index in [0.29, 0.717) is 18.1 Å². The molecular formula is C15H19N5O3S. The first-order valence-corrected chi connectivity index (χ1v) is 9.15. The van der Waals surface area contributed by atoms with Crippen LogP contribution < -0.4 is 9.62 Å². The highest BCUT2D eigenvalue weighted by Crippen LogP contribution is 2.30. The minimum Gasteiger partial charge on any atom is -0.312 e. The Morgan fingerprint density at radius 2 is 2.21 bits per heavy atom. The van der Waals surface area contributed by atoms with Crippen LogP contribution in [0.5, 0.6) is 0 Å². The zero-order valence-corrected chi connectivity index (χ0v) is 14.3. The monoisotopic (exact) mass is 349 g/mol. The molecule has 1 aromatic heterocycles. The van der Waals surface area contributed by atoms with Crippen LogP contribution in [-0.4, -0.2) is 36.1 Å². The highest BCUT2D eigenvalue weighted by Gasteiger charge is 2.25. The van der Waals surface area contributed by atoms with Gasteiger partial charge in [0.1, 0.15) is 12.2 Å². The molecule has 8 nitrogen and oxygen atoms in total. The van der Waals surface area contributed by atoms with E-state index in [4.69, 9.17) is 0 Å². The molecule has 2 aromatic rings. The second-order valence-corrected chi connectivity index (χ2v) is 7.49. The Hall–Kier alpha value is -2.26. The number of nitrogens with zero attached hydrogens (tertiary/aromatic N) is 3. The van der Waals surface area contributed by atoms with Crippen LogP contribution in [0.2, 0.25) is 0 Å². The second kappa shape index (κ2) is 6.33. The van der Waals surface area contributed by atoms with E-state index in [-0.39, 0.29) is 10.8 Å². The molecular weight excluding hydrogens is 330 g/mol. The number of carbonyl (C=O) groups excluding carboxylic acids is 1. The van der Waals surface area contributed by atoms with E-state index in [1.165, 1.54) is 13.3 Å². The summed E-state index contributed by atoms with van der Waals surface area (Å²) in [5.74, 6) is 0.343. The van der Waals surface area contributed by atoms with E-state index in [9.17, 15) is 13.2 Å². The van der Waals surface area contributed by atoms with E-state index in [1.807, 2.05) is 0 Å². The molecule has 0 saturated heterocycles. The number of hydrogen-bond acceptors (Lipinski definition) is 5. The fourth-order valence-corrected chi connectivity index (χ4v) is 4.06. The molecule has 0 spiro atoms. The minimum atomic E-state index is -3.74. The number of nitrogens with one attached hydrogen (secondary N) is 2. The third-order valence-electron chi connectivity index (χ3n) is 4.04. The lowest BCUT2D eigenvalue weighted by atomic mass is 10.0. The highest BCUT2D eigenvalue weighted by atomic mass is 32.2. The highest BCUT2D eigenvalue weighted by molar-refractivity contribution is 7.89. The summed E-state index contributed by atoms with van der Waals surface area (Å²) in [4.78, 5) is 17.5. The molecule has 2 heterocycles. The zero-order valence-electron chi connectivity index (χ0n) is 13.5. The normalized spacial score (nSPS) is 15.8. The lowest BCUT2D eigenvalue weighted by Crippen LogP contribution is -2.34. The molecule has 1 aliphatic rings. The van der Waals surface area contributed by atoms with Crippen molar-refractivity contribution in [1.29, 1.82) is 0 Å². The van der Waals surface area contributed by atoms with Gasteiger partial charge < -0.3 is 4.90 Å². The second-order valence-electron chi connectivity index (χ2n) is 5.78. The Morgan fingerprint density at radius 3 is 2.88 bits per heavy atom. The van der Waals surface area contributed by atoms with Crippen molar-refractivity contribution in [2.75, 3.05) is 11.4 Å². The summed E-state index contributed by atoms with van der Waals surface area (Å²) in [6.45, 7) is 3.77. The van der Waals surface area contributed by atoms with Gasteiger partial charge in [0.2, 0.25) is 15.9 Å². The van der Waals surface area contributed by atoms with Crippen molar-refractivity contribution in [1.82, 2.24) is 19.9 Å². The number of hydrogen-bond donors (Lipinski definition) is 2. The first-order valence-electron chi connectivity index (χ1n) is 7.67. The summed E-state index contributed by atoms with van der Waals surface area (Å²) in [6.07, 6.45) is 3.03. The number of rotatable bonds is 4. The molecule has 24 heavy (non-hydrogen) atoms. The first kappa shape index (κ1) is 16.6. The summed E-state index contributed by atoms with van der Waals surface area (Å²) in [5, 5.41) is 6.36. The Bertz CT molecular complexity index is 848. The van der Waals surface area contributed by atoms with Crippen molar-refractivity contribution >= 4 is 21.6 Å². The largest absolute Gasteiger partial charge is 0.312 e. The van der Waals surface area contributed by atoms with Crippen molar-refractivity contribution in [2.45, 2.75) is 37.6 Å². The summed E-state index contributed by atoms with van der Waals surface area (Å²) in [6, 6.07) is 4.36. The molecule has 128 valence electrons. The van der Waals surface area contributed by atoms with Gasteiger partial charge in [0.05, 0.1) is 10.9 Å². The maximum absolute atomic E-state index is 12.6. The standard InChI is InChI=1S/C15H19N5O3S/c1-10(15-16-9-17-18-15)19-24(22,23)13-6-5-12-4-3-7-20(11(2)21)14(12)8-13/h5-6,8-10,19H,3-4,7H2,1-2H3,(H,16,17,18)/t10-/m0/s1. The van der Waals surface area contributed by atoms with Crippen LogP contribution in [-0.2, 0) is 21.2 Å². The van der Waals surface area contributed by atoms with Gasteiger partial charge in [-0.15, -0.1) is 0 Å². The summed E-state index contributed by atoms with van der Waals surface area (Å²) in [5.41, 5.74) is 1.66. The molecule has 0 fully saturated rings. The Morgan fingerprint density at radius 1 is 1.42 bits per heavy atom. The summed E-state index contributed by atoms with van der Waals surface area (Å²) < 4.78 is 27.8. The molecule has 0 unspecified atom stereocenters. The average Bonchev–Trinajstić information content (AvgIpc) is 3.07. The van der Waals surface area contributed by atoms with Crippen LogP contribution in [0.3, 0.4) is 0 Å². The van der Waals surface area contributed by atoms with Gasteiger partial charge in [0, 0.05) is 19.2 Å². The number of amides is 1. The third kappa shape index (κ3) is 3.17. The molecule has 0 aliphatic carbocycles. The lowest BCUT2D eigenvalue weighted by Gasteiger charge is -2.29. The molecule has 0 saturated carbocycles. The van der Waals surface area contributed by atoms with E-state index in [1.54, 1.807) is 30.0 Å².